The fourth-order valence-electron chi connectivity index (χ4n) is 1.22. The second-order valence-electron chi connectivity index (χ2n) is 3.05. The summed E-state index contributed by atoms with van der Waals surface area (Å²) in [5, 5.41) is 2.29. The summed E-state index contributed by atoms with van der Waals surface area (Å²) in [6, 6.07) is -0.0290. The molecule has 3 amide bonds. The Morgan fingerprint density at radius 1 is 1.58 bits per heavy atom. The molecule has 68 valence electrons. The van der Waals surface area contributed by atoms with Crippen molar-refractivity contribution >= 4 is 11.9 Å². The minimum atomic E-state index is -0.249. The van der Waals surface area contributed by atoms with E-state index in [-0.39, 0.29) is 18.0 Å². The average molecular weight is 170 g/mol. The van der Waals surface area contributed by atoms with Crippen molar-refractivity contribution in [1.82, 2.24) is 10.2 Å². The standard InChI is InChI=1S/C8H14N2O2/c1-3-6(2)10-5-4-7(11)9-8(10)12/h6H,3-5H2,1-2H3,(H,9,11,12)/t6-/m1/s1. The first-order valence-electron chi connectivity index (χ1n) is 4.25. The van der Waals surface area contributed by atoms with Crippen LogP contribution < -0.4 is 5.32 Å². The van der Waals surface area contributed by atoms with Crippen molar-refractivity contribution in [1.29, 1.82) is 0 Å². The molecule has 1 aliphatic rings. The predicted molar refractivity (Wildman–Crippen MR) is 44.6 cm³/mol. The molecule has 0 aliphatic carbocycles. The normalized spacial score (nSPS) is 20.7. The van der Waals surface area contributed by atoms with Crippen molar-refractivity contribution in [3.05, 3.63) is 0 Å². The van der Waals surface area contributed by atoms with Crippen LogP contribution in [0.5, 0.6) is 0 Å². The molecule has 12 heavy (non-hydrogen) atoms. The maximum absolute atomic E-state index is 11.2. The number of hydrogen-bond donors (Lipinski definition) is 1. The number of urea groups is 1. The van der Waals surface area contributed by atoms with Crippen LogP contribution in [0.25, 0.3) is 0 Å². The van der Waals surface area contributed by atoms with Crippen LogP contribution in [0, 0.1) is 0 Å². The molecule has 1 aliphatic heterocycles. The van der Waals surface area contributed by atoms with Gasteiger partial charge < -0.3 is 4.90 Å². The van der Waals surface area contributed by atoms with Crippen LogP contribution in [0.15, 0.2) is 0 Å². The van der Waals surface area contributed by atoms with Crippen LogP contribution in [0.2, 0.25) is 0 Å². The Morgan fingerprint density at radius 2 is 2.25 bits per heavy atom. The third-order valence-electron chi connectivity index (χ3n) is 2.21. The number of carbonyl (C=O) groups is 2. The number of imide groups is 1. The SMILES string of the molecule is CC[C@@H](C)N1CCC(=O)NC1=O. The number of nitrogens with one attached hydrogen (secondary N) is 1. The van der Waals surface area contributed by atoms with Gasteiger partial charge in [0.1, 0.15) is 0 Å². The number of amides is 3. The van der Waals surface area contributed by atoms with Gasteiger partial charge in [0, 0.05) is 19.0 Å². The molecule has 1 fully saturated rings. The van der Waals surface area contributed by atoms with E-state index in [9.17, 15) is 9.59 Å². The third-order valence-corrected chi connectivity index (χ3v) is 2.21. The Morgan fingerprint density at radius 3 is 2.75 bits per heavy atom. The highest BCUT2D eigenvalue weighted by Gasteiger charge is 2.25. The number of rotatable bonds is 2. The lowest BCUT2D eigenvalue weighted by molar-refractivity contribution is -0.121. The van der Waals surface area contributed by atoms with Gasteiger partial charge in [0.2, 0.25) is 5.91 Å². The van der Waals surface area contributed by atoms with Crippen LogP contribution in [-0.2, 0) is 4.79 Å². The second-order valence-corrected chi connectivity index (χ2v) is 3.05. The van der Waals surface area contributed by atoms with E-state index in [1.165, 1.54) is 0 Å². The minimum absolute atomic E-state index is 0.167. The quantitative estimate of drug-likeness (QED) is 0.664. The van der Waals surface area contributed by atoms with E-state index in [0.29, 0.717) is 13.0 Å². The summed E-state index contributed by atoms with van der Waals surface area (Å²) in [6.45, 7) is 4.56. The highest BCUT2D eigenvalue weighted by Crippen LogP contribution is 2.08. The highest BCUT2D eigenvalue weighted by molar-refractivity contribution is 5.96. The zero-order chi connectivity index (χ0) is 9.14. The van der Waals surface area contributed by atoms with Crippen LogP contribution in [0.1, 0.15) is 26.7 Å². The van der Waals surface area contributed by atoms with Crippen molar-refractivity contribution in [3.8, 4) is 0 Å². The lowest BCUT2D eigenvalue weighted by Crippen LogP contribution is -2.52. The maximum atomic E-state index is 11.2. The van der Waals surface area contributed by atoms with E-state index in [1.807, 2.05) is 13.8 Å². The zero-order valence-corrected chi connectivity index (χ0v) is 7.46. The van der Waals surface area contributed by atoms with Gasteiger partial charge in [-0.2, -0.15) is 0 Å². The van der Waals surface area contributed by atoms with E-state index >= 15 is 0 Å². The molecule has 0 bridgehead atoms. The van der Waals surface area contributed by atoms with Gasteiger partial charge in [-0.15, -0.1) is 0 Å². The van der Waals surface area contributed by atoms with E-state index < -0.39 is 0 Å². The summed E-state index contributed by atoms with van der Waals surface area (Å²) in [6.07, 6.45) is 1.34. The minimum Gasteiger partial charge on any atom is -0.321 e. The van der Waals surface area contributed by atoms with Gasteiger partial charge in [0.25, 0.3) is 0 Å². The molecule has 4 heteroatoms. The van der Waals surface area contributed by atoms with E-state index in [4.69, 9.17) is 0 Å². The van der Waals surface area contributed by atoms with Crippen LogP contribution in [0.4, 0.5) is 4.79 Å². The van der Waals surface area contributed by atoms with Gasteiger partial charge in [0.15, 0.2) is 0 Å². The summed E-state index contributed by atoms with van der Waals surface area (Å²) in [5.74, 6) is -0.167. The Balaban J connectivity index is 2.56. The van der Waals surface area contributed by atoms with Gasteiger partial charge >= 0.3 is 6.03 Å². The lowest BCUT2D eigenvalue weighted by atomic mass is 10.2. The molecule has 0 spiro atoms. The summed E-state index contributed by atoms with van der Waals surface area (Å²) >= 11 is 0. The van der Waals surface area contributed by atoms with Gasteiger partial charge in [-0.25, -0.2) is 4.79 Å². The van der Waals surface area contributed by atoms with Gasteiger partial charge in [-0.3, -0.25) is 10.1 Å². The van der Waals surface area contributed by atoms with Crippen molar-refractivity contribution in [3.63, 3.8) is 0 Å². The van der Waals surface area contributed by atoms with Crippen LogP contribution in [-0.4, -0.2) is 29.4 Å². The fraction of sp³-hybridized carbons (Fsp3) is 0.750. The summed E-state index contributed by atoms with van der Waals surface area (Å²) in [4.78, 5) is 23.7. The molecule has 1 N–H and O–H groups in total. The van der Waals surface area contributed by atoms with Crippen molar-refractivity contribution in [2.45, 2.75) is 32.7 Å². The van der Waals surface area contributed by atoms with Crippen LogP contribution in [0.3, 0.4) is 0 Å². The molecular weight excluding hydrogens is 156 g/mol. The molecule has 0 unspecified atom stereocenters. The van der Waals surface area contributed by atoms with Gasteiger partial charge in [0.05, 0.1) is 0 Å². The van der Waals surface area contributed by atoms with Gasteiger partial charge in [-0.05, 0) is 13.3 Å². The van der Waals surface area contributed by atoms with Crippen molar-refractivity contribution in [2.75, 3.05) is 6.54 Å². The first-order valence-corrected chi connectivity index (χ1v) is 4.25. The van der Waals surface area contributed by atoms with Crippen LogP contribution >= 0.6 is 0 Å². The first-order chi connectivity index (χ1) is 5.65. The Kier molecular flexibility index (Phi) is 2.68. The summed E-state index contributed by atoms with van der Waals surface area (Å²) in [5.41, 5.74) is 0. The van der Waals surface area contributed by atoms with E-state index in [0.717, 1.165) is 6.42 Å². The number of carbonyl (C=O) groups excluding carboxylic acids is 2. The number of hydrogen-bond acceptors (Lipinski definition) is 2. The Labute approximate surface area is 71.9 Å². The average Bonchev–Trinajstić information content (AvgIpc) is 2.03. The smallest absolute Gasteiger partial charge is 0.321 e. The molecule has 1 atom stereocenters. The monoisotopic (exact) mass is 170 g/mol. The Bertz CT molecular complexity index is 203. The largest absolute Gasteiger partial charge is 0.324 e. The molecule has 0 saturated carbocycles. The second kappa shape index (κ2) is 3.56. The molecule has 1 saturated heterocycles. The molecule has 4 nitrogen and oxygen atoms in total. The zero-order valence-electron chi connectivity index (χ0n) is 7.46. The van der Waals surface area contributed by atoms with Gasteiger partial charge in [-0.1, -0.05) is 6.92 Å². The molecule has 0 radical (unpaired) electrons. The molecule has 0 aromatic carbocycles. The maximum Gasteiger partial charge on any atom is 0.324 e. The highest BCUT2D eigenvalue weighted by atomic mass is 16.2. The molecule has 1 heterocycles. The predicted octanol–water partition coefficient (Wildman–Crippen LogP) is 0.727. The summed E-state index contributed by atoms with van der Waals surface area (Å²) in [7, 11) is 0. The molecule has 0 aromatic heterocycles. The van der Waals surface area contributed by atoms with E-state index in [2.05, 4.69) is 5.32 Å². The first kappa shape index (κ1) is 9.03. The lowest BCUT2D eigenvalue weighted by Gasteiger charge is -2.31. The Hall–Kier alpha value is -1.06. The fourth-order valence-corrected chi connectivity index (χ4v) is 1.22. The molecule has 0 aromatic rings. The molecule has 1 rings (SSSR count). The van der Waals surface area contributed by atoms with Crippen molar-refractivity contribution in [2.24, 2.45) is 0 Å². The molecular formula is C8H14N2O2. The summed E-state index contributed by atoms with van der Waals surface area (Å²) < 4.78 is 0. The third kappa shape index (κ3) is 1.75. The topological polar surface area (TPSA) is 49.4 Å². The van der Waals surface area contributed by atoms with Crippen molar-refractivity contribution < 1.29 is 9.59 Å². The number of nitrogens with zero attached hydrogens (tertiary/aromatic N) is 1. The van der Waals surface area contributed by atoms with E-state index in [1.54, 1.807) is 4.90 Å².